The smallest absolute Gasteiger partial charge is 0.254 e. The second-order valence-electron chi connectivity index (χ2n) is 3.71. The van der Waals surface area contributed by atoms with Gasteiger partial charge in [0.2, 0.25) is 0 Å². The highest BCUT2D eigenvalue weighted by Gasteiger charge is 2.11. The summed E-state index contributed by atoms with van der Waals surface area (Å²) >= 11 is 0. The van der Waals surface area contributed by atoms with Crippen molar-refractivity contribution in [1.82, 2.24) is 19.7 Å². The standard InChI is InChI=1S/C11H14N4O/c1-3-4-9-10(12-7-13-11(9)16)8-5-14-15(2)6-8/h5-7H,3-4H2,1-2H3,(H,12,13,16). The highest BCUT2D eigenvalue weighted by atomic mass is 16.1. The van der Waals surface area contributed by atoms with Gasteiger partial charge in [0.25, 0.3) is 5.56 Å². The van der Waals surface area contributed by atoms with Crippen LogP contribution < -0.4 is 5.56 Å². The molecule has 5 heteroatoms. The highest BCUT2D eigenvalue weighted by Crippen LogP contribution is 2.18. The van der Waals surface area contributed by atoms with Gasteiger partial charge in [0.1, 0.15) is 0 Å². The molecule has 0 amide bonds. The van der Waals surface area contributed by atoms with Gasteiger partial charge in [-0.05, 0) is 6.42 Å². The number of hydrogen-bond donors (Lipinski definition) is 1. The Morgan fingerprint density at radius 3 is 2.94 bits per heavy atom. The zero-order valence-corrected chi connectivity index (χ0v) is 9.40. The average Bonchev–Trinajstić information content (AvgIpc) is 2.68. The predicted octanol–water partition coefficient (Wildman–Crippen LogP) is 1.12. The molecular formula is C11H14N4O. The van der Waals surface area contributed by atoms with Gasteiger partial charge in [0, 0.05) is 24.4 Å². The molecule has 84 valence electrons. The minimum absolute atomic E-state index is 0.0595. The fourth-order valence-corrected chi connectivity index (χ4v) is 1.70. The van der Waals surface area contributed by atoms with Crippen molar-refractivity contribution in [1.29, 1.82) is 0 Å². The molecule has 0 aliphatic heterocycles. The first-order valence-electron chi connectivity index (χ1n) is 5.28. The molecule has 0 aliphatic rings. The summed E-state index contributed by atoms with van der Waals surface area (Å²) in [6.45, 7) is 2.04. The third-order valence-corrected chi connectivity index (χ3v) is 2.43. The van der Waals surface area contributed by atoms with E-state index in [2.05, 4.69) is 15.1 Å². The monoisotopic (exact) mass is 218 g/mol. The van der Waals surface area contributed by atoms with E-state index in [9.17, 15) is 4.79 Å². The fraction of sp³-hybridized carbons (Fsp3) is 0.364. The second-order valence-corrected chi connectivity index (χ2v) is 3.71. The van der Waals surface area contributed by atoms with Crippen molar-refractivity contribution in [2.45, 2.75) is 19.8 Å². The molecule has 0 aliphatic carbocycles. The maximum atomic E-state index is 11.7. The molecule has 16 heavy (non-hydrogen) atoms. The molecule has 0 unspecified atom stereocenters. The van der Waals surface area contributed by atoms with Gasteiger partial charge in [-0.25, -0.2) is 4.98 Å². The third kappa shape index (κ3) is 1.88. The van der Waals surface area contributed by atoms with Gasteiger partial charge in [-0.15, -0.1) is 0 Å². The minimum atomic E-state index is -0.0595. The molecule has 5 nitrogen and oxygen atoms in total. The molecule has 2 aromatic rings. The van der Waals surface area contributed by atoms with Crippen molar-refractivity contribution in [3.8, 4) is 11.3 Å². The minimum Gasteiger partial charge on any atom is -0.313 e. The van der Waals surface area contributed by atoms with Crippen LogP contribution in [0.15, 0.2) is 23.5 Å². The number of nitrogens with one attached hydrogen (secondary N) is 1. The molecule has 0 saturated heterocycles. The number of rotatable bonds is 3. The van der Waals surface area contributed by atoms with Gasteiger partial charge in [-0.3, -0.25) is 9.48 Å². The van der Waals surface area contributed by atoms with Crippen LogP contribution in [-0.2, 0) is 13.5 Å². The van der Waals surface area contributed by atoms with E-state index in [4.69, 9.17) is 0 Å². The molecule has 0 spiro atoms. The molecule has 0 aromatic carbocycles. The van der Waals surface area contributed by atoms with Crippen molar-refractivity contribution in [3.63, 3.8) is 0 Å². The van der Waals surface area contributed by atoms with E-state index in [1.807, 2.05) is 20.2 Å². The maximum Gasteiger partial charge on any atom is 0.254 e. The Kier molecular flexibility index (Phi) is 2.85. The van der Waals surface area contributed by atoms with E-state index >= 15 is 0 Å². The summed E-state index contributed by atoms with van der Waals surface area (Å²) in [7, 11) is 1.84. The molecule has 0 saturated carbocycles. The van der Waals surface area contributed by atoms with Crippen molar-refractivity contribution < 1.29 is 0 Å². The van der Waals surface area contributed by atoms with Crippen LogP contribution in [-0.4, -0.2) is 19.7 Å². The molecule has 1 N–H and O–H groups in total. The summed E-state index contributed by atoms with van der Waals surface area (Å²) in [6, 6.07) is 0. The normalized spacial score (nSPS) is 10.6. The lowest BCUT2D eigenvalue weighted by Crippen LogP contribution is -2.14. The van der Waals surface area contributed by atoms with Gasteiger partial charge in [0.15, 0.2) is 0 Å². The molecule has 0 fully saturated rings. The number of aromatic nitrogens is 4. The molecule has 2 rings (SSSR count). The zero-order valence-electron chi connectivity index (χ0n) is 9.40. The first-order chi connectivity index (χ1) is 7.72. The summed E-state index contributed by atoms with van der Waals surface area (Å²) in [6.07, 6.45) is 6.67. The Labute approximate surface area is 93.2 Å². The molecule has 2 heterocycles. The Morgan fingerprint density at radius 2 is 2.31 bits per heavy atom. The molecule has 2 aromatic heterocycles. The molecule has 0 radical (unpaired) electrons. The Morgan fingerprint density at radius 1 is 1.50 bits per heavy atom. The summed E-state index contributed by atoms with van der Waals surface area (Å²) in [5.74, 6) is 0. The average molecular weight is 218 g/mol. The van der Waals surface area contributed by atoms with Crippen molar-refractivity contribution in [2.24, 2.45) is 7.05 Å². The summed E-state index contributed by atoms with van der Waals surface area (Å²) < 4.78 is 1.70. The third-order valence-electron chi connectivity index (χ3n) is 2.43. The van der Waals surface area contributed by atoms with Gasteiger partial charge >= 0.3 is 0 Å². The van der Waals surface area contributed by atoms with Crippen molar-refractivity contribution in [3.05, 3.63) is 34.6 Å². The lowest BCUT2D eigenvalue weighted by molar-refractivity contribution is 0.768. The lowest BCUT2D eigenvalue weighted by atomic mass is 10.1. The largest absolute Gasteiger partial charge is 0.313 e. The number of H-pyrrole nitrogens is 1. The maximum absolute atomic E-state index is 11.7. The molecular weight excluding hydrogens is 204 g/mol. The van der Waals surface area contributed by atoms with Crippen LogP contribution in [0.1, 0.15) is 18.9 Å². The van der Waals surface area contributed by atoms with E-state index in [1.165, 1.54) is 6.33 Å². The van der Waals surface area contributed by atoms with Crippen LogP contribution in [0.2, 0.25) is 0 Å². The number of hydrogen-bond acceptors (Lipinski definition) is 3. The predicted molar refractivity (Wildman–Crippen MR) is 61.1 cm³/mol. The summed E-state index contributed by atoms with van der Waals surface area (Å²) in [4.78, 5) is 18.5. The number of aryl methyl sites for hydroxylation is 1. The Hall–Kier alpha value is -1.91. The lowest BCUT2D eigenvalue weighted by Gasteiger charge is -2.03. The number of aromatic amines is 1. The van der Waals surface area contributed by atoms with Crippen LogP contribution in [0, 0.1) is 0 Å². The van der Waals surface area contributed by atoms with Crippen LogP contribution in [0.3, 0.4) is 0 Å². The number of nitrogens with zero attached hydrogens (tertiary/aromatic N) is 3. The zero-order chi connectivity index (χ0) is 11.5. The van der Waals surface area contributed by atoms with Crippen LogP contribution in [0.4, 0.5) is 0 Å². The van der Waals surface area contributed by atoms with Gasteiger partial charge in [0.05, 0.1) is 18.2 Å². The molecule has 0 atom stereocenters. The van der Waals surface area contributed by atoms with E-state index in [0.29, 0.717) is 0 Å². The van der Waals surface area contributed by atoms with Crippen LogP contribution >= 0.6 is 0 Å². The fourth-order valence-electron chi connectivity index (χ4n) is 1.70. The first-order valence-corrected chi connectivity index (χ1v) is 5.28. The Balaban J connectivity index is 2.55. The van der Waals surface area contributed by atoms with E-state index in [0.717, 1.165) is 29.7 Å². The van der Waals surface area contributed by atoms with Crippen molar-refractivity contribution >= 4 is 0 Å². The quantitative estimate of drug-likeness (QED) is 0.839. The van der Waals surface area contributed by atoms with Gasteiger partial charge in [-0.2, -0.15) is 5.10 Å². The van der Waals surface area contributed by atoms with Crippen molar-refractivity contribution in [2.75, 3.05) is 0 Å². The van der Waals surface area contributed by atoms with Crippen LogP contribution in [0.5, 0.6) is 0 Å². The Bertz CT molecular complexity index is 541. The summed E-state index contributed by atoms with van der Waals surface area (Å²) in [5.41, 5.74) is 2.30. The van der Waals surface area contributed by atoms with Gasteiger partial charge < -0.3 is 4.98 Å². The van der Waals surface area contributed by atoms with E-state index in [-0.39, 0.29) is 5.56 Å². The highest BCUT2D eigenvalue weighted by molar-refractivity contribution is 5.60. The van der Waals surface area contributed by atoms with Crippen LogP contribution in [0.25, 0.3) is 11.3 Å². The summed E-state index contributed by atoms with van der Waals surface area (Å²) in [5, 5.41) is 4.09. The topological polar surface area (TPSA) is 63.6 Å². The molecule has 0 bridgehead atoms. The first kappa shape index (κ1) is 10.6. The second kappa shape index (κ2) is 4.30. The van der Waals surface area contributed by atoms with E-state index < -0.39 is 0 Å². The SMILES string of the molecule is CCCc1c(-c2cnn(C)c2)nc[nH]c1=O. The van der Waals surface area contributed by atoms with E-state index in [1.54, 1.807) is 10.9 Å². The van der Waals surface area contributed by atoms with Gasteiger partial charge in [-0.1, -0.05) is 13.3 Å².